The van der Waals surface area contributed by atoms with Gasteiger partial charge in [0, 0.05) is 23.5 Å². The molecule has 23 heavy (non-hydrogen) atoms. The highest BCUT2D eigenvalue weighted by atomic mass is 14.8. The first-order valence-corrected chi connectivity index (χ1v) is 6.84. The minimum atomic E-state index is 0.182. The molecule has 0 spiro atoms. The van der Waals surface area contributed by atoms with Gasteiger partial charge < -0.3 is 5.73 Å². The fourth-order valence-electron chi connectivity index (χ4n) is 2.30. The number of nitriles is 2. The van der Waals surface area contributed by atoms with Gasteiger partial charge in [-0.3, -0.25) is 4.98 Å². The highest BCUT2D eigenvalue weighted by molar-refractivity contribution is 5.80. The summed E-state index contributed by atoms with van der Waals surface area (Å²) in [6.45, 7) is 0. The van der Waals surface area contributed by atoms with Crippen LogP contribution in [-0.4, -0.2) is 9.97 Å². The van der Waals surface area contributed by atoms with Crippen molar-refractivity contribution in [3.63, 3.8) is 0 Å². The SMILES string of the molecule is N#Cc1ccc(-c2cc(-c3ccncc3)c(C#N)c(N)n2)cc1. The number of anilines is 1. The van der Waals surface area contributed by atoms with Gasteiger partial charge in [0.25, 0.3) is 0 Å². The smallest absolute Gasteiger partial charge is 0.142 e. The highest BCUT2D eigenvalue weighted by Crippen LogP contribution is 2.30. The van der Waals surface area contributed by atoms with E-state index in [4.69, 9.17) is 11.0 Å². The standard InChI is InChI=1S/C18H11N5/c19-10-12-1-3-14(4-2-12)17-9-15(13-5-7-22-8-6-13)16(11-20)18(21)23-17/h1-9H,(H2,21,23). The second-order valence-electron chi connectivity index (χ2n) is 4.85. The van der Waals surface area contributed by atoms with Gasteiger partial charge in [-0.1, -0.05) is 12.1 Å². The first-order valence-electron chi connectivity index (χ1n) is 6.84. The van der Waals surface area contributed by atoms with Crippen molar-refractivity contribution in [1.29, 1.82) is 10.5 Å². The predicted octanol–water partition coefficient (Wildman–Crippen LogP) is 3.14. The van der Waals surface area contributed by atoms with E-state index >= 15 is 0 Å². The molecule has 0 saturated heterocycles. The fraction of sp³-hybridized carbons (Fsp3) is 0. The molecule has 0 unspecified atom stereocenters. The lowest BCUT2D eigenvalue weighted by atomic mass is 9.99. The first-order chi connectivity index (χ1) is 11.2. The van der Waals surface area contributed by atoms with E-state index in [1.807, 2.05) is 30.3 Å². The second-order valence-corrected chi connectivity index (χ2v) is 4.85. The van der Waals surface area contributed by atoms with Crippen molar-refractivity contribution in [2.45, 2.75) is 0 Å². The van der Waals surface area contributed by atoms with Gasteiger partial charge in [0.05, 0.1) is 17.3 Å². The number of nitrogen functional groups attached to an aromatic ring is 1. The lowest BCUT2D eigenvalue weighted by Gasteiger charge is -2.10. The number of hydrogen-bond acceptors (Lipinski definition) is 5. The van der Waals surface area contributed by atoms with E-state index in [0.29, 0.717) is 22.4 Å². The van der Waals surface area contributed by atoms with Crippen LogP contribution in [0.1, 0.15) is 11.1 Å². The van der Waals surface area contributed by atoms with Crippen molar-refractivity contribution >= 4 is 5.82 Å². The topological polar surface area (TPSA) is 99.4 Å². The molecule has 5 nitrogen and oxygen atoms in total. The Labute approximate surface area is 133 Å². The molecule has 0 saturated carbocycles. The summed E-state index contributed by atoms with van der Waals surface area (Å²) in [5, 5.41) is 18.2. The van der Waals surface area contributed by atoms with Gasteiger partial charge in [0.2, 0.25) is 0 Å². The molecule has 0 aliphatic heterocycles. The van der Waals surface area contributed by atoms with Crippen LogP contribution in [0, 0.1) is 22.7 Å². The van der Waals surface area contributed by atoms with E-state index in [-0.39, 0.29) is 5.82 Å². The number of rotatable bonds is 2. The maximum absolute atomic E-state index is 9.37. The van der Waals surface area contributed by atoms with Gasteiger partial charge >= 0.3 is 0 Å². The van der Waals surface area contributed by atoms with Crippen molar-refractivity contribution in [3.05, 3.63) is 66.0 Å². The molecule has 0 radical (unpaired) electrons. The number of nitrogens with zero attached hydrogens (tertiary/aromatic N) is 4. The third-order valence-corrected chi connectivity index (χ3v) is 3.46. The minimum Gasteiger partial charge on any atom is -0.383 e. The van der Waals surface area contributed by atoms with Crippen LogP contribution < -0.4 is 5.73 Å². The van der Waals surface area contributed by atoms with Crippen molar-refractivity contribution in [2.75, 3.05) is 5.73 Å². The van der Waals surface area contributed by atoms with Gasteiger partial charge in [0.1, 0.15) is 17.5 Å². The number of nitrogens with two attached hydrogens (primary N) is 1. The monoisotopic (exact) mass is 297 g/mol. The number of benzene rings is 1. The molecule has 5 heteroatoms. The second kappa shape index (κ2) is 5.97. The summed E-state index contributed by atoms with van der Waals surface area (Å²) >= 11 is 0. The van der Waals surface area contributed by atoms with Crippen molar-refractivity contribution in [1.82, 2.24) is 9.97 Å². The quantitative estimate of drug-likeness (QED) is 0.783. The summed E-state index contributed by atoms with van der Waals surface area (Å²) in [5.74, 6) is 0.182. The van der Waals surface area contributed by atoms with E-state index in [2.05, 4.69) is 22.1 Å². The first kappa shape index (κ1) is 14.2. The zero-order chi connectivity index (χ0) is 16.2. The normalized spacial score (nSPS) is 9.83. The molecule has 0 atom stereocenters. The van der Waals surface area contributed by atoms with Crippen LogP contribution in [0.2, 0.25) is 0 Å². The average Bonchev–Trinajstić information content (AvgIpc) is 2.62. The molecule has 2 aromatic heterocycles. The molecule has 0 bridgehead atoms. The molecule has 3 rings (SSSR count). The molecule has 2 N–H and O–H groups in total. The number of hydrogen-bond donors (Lipinski definition) is 1. The van der Waals surface area contributed by atoms with Gasteiger partial charge in [-0.15, -0.1) is 0 Å². The van der Waals surface area contributed by atoms with Crippen LogP contribution in [0.5, 0.6) is 0 Å². The largest absolute Gasteiger partial charge is 0.383 e. The minimum absolute atomic E-state index is 0.182. The van der Waals surface area contributed by atoms with Gasteiger partial charge in [0.15, 0.2) is 0 Å². The maximum atomic E-state index is 9.37. The third-order valence-electron chi connectivity index (χ3n) is 3.46. The van der Waals surface area contributed by atoms with Crippen LogP contribution in [-0.2, 0) is 0 Å². The van der Waals surface area contributed by atoms with E-state index < -0.39 is 0 Å². The Morgan fingerprint density at radius 2 is 1.57 bits per heavy atom. The summed E-state index contributed by atoms with van der Waals surface area (Å²) in [6, 6.07) is 16.7. The Hall–Kier alpha value is -3.70. The van der Waals surface area contributed by atoms with E-state index in [1.165, 1.54) is 0 Å². The highest BCUT2D eigenvalue weighted by Gasteiger charge is 2.13. The summed E-state index contributed by atoms with van der Waals surface area (Å²) in [5.41, 5.74) is 9.91. The molecule has 0 fully saturated rings. The molecular formula is C18H11N5. The van der Waals surface area contributed by atoms with Gasteiger partial charge in [-0.25, -0.2) is 4.98 Å². The molecule has 0 amide bonds. The molecule has 108 valence electrons. The van der Waals surface area contributed by atoms with Crippen molar-refractivity contribution in [3.8, 4) is 34.5 Å². The Bertz CT molecular complexity index is 932. The third kappa shape index (κ3) is 2.72. The van der Waals surface area contributed by atoms with E-state index in [9.17, 15) is 5.26 Å². The Morgan fingerprint density at radius 1 is 0.870 bits per heavy atom. The summed E-state index contributed by atoms with van der Waals surface area (Å²) in [7, 11) is 0. The van der Waals surface area contributed by atoms with Crippen molar-refractivity contribution in [2.24, 2.45) is 0 Å². The maximum Gasteiger partial charge on any atom is 0.142 e. The molecule has 2 heterocycles. The summed E-state index contributed by atoms with van der Waals surface area (Å²) in [6.07, 6.45) is 3.32. The lowest BCUT2D eigenvalue weighted by molar-refractivity contribution is 1.29. The Balaban J connectivity index is 2.19. The molecule has 0 aliphatic rings. The zero-order valence-corrected chi connectivity index (χ0v) is 12.1. The Kier molecular flexibility index (Phi) is 3.70. The van der Waals surface area contributed by atoms with Gasteiger partial charge in [-0.2, -0.15) is 10.5 Å². The van der Waals surface area contributed by atoms with E-state index in [1.54, 1.807) is 24.5 Å². The fourth-order valence-corrected chi connectivity index (χ4v) is 2.30. The van der Waals surface area contributed by atoms with E-state index in [0.717, 1.165) is 11.1 Å². The van der Waals surface area contributed by atoms with Crippen LogP contribution in [0.4, 0.5) is 5.82 Å². The molecular weight excluding hydrogens is 286 g/mol. The summed E-state index contributed by atoms with van der Waals surface area (Å²) in [4.78, 5) is 8.30. The molecule has 3 aromatic rings. The van der Waals surface area contributed by atoms with Crippen LogP contribution in [0.25, 0.3) is 22.4 Å². The number of pyridine rings is 2. The molecule has 0 aliphatic carbocycles. The zero-order valence-electron chi connectivity index (χ0n) is 12.1. The average molecular weight is 297 g/mol. The molecule has 1 aromatic carbocycles. The number of aromatic nitrogens is 2. The van der Waals surface area contributed by atoms with Gasteiger partial charge in [-0.05, 0) is 35.9 Å². The summed E-state index contributed by atoms with van der Waals surface area (Å²) < 4.78 is 0. The predicted molar refractivity (Wildman–Crippen MR) is 86.7 cm³/mol. The Morgan fingerprint density at radius 3 is 2.17 bits per heavy atom. The lowest BCUT2D eigenvalue weighted by Crippen LogP contribution is -1.99. The van der Waals surface area contributed by atoms with Crippen LogP contribution in [0.3, 0.4) is 0 Å². The van der Waals surface area contributed by atoms with Crippen molar-refractivity contribution < 1.29 is 0 Å². The van der Waals surface area contributed by atoms with Crippen LogP contribution in [0.15, 0.2) is 54.9 Å². The van der Waals surface area contributed by atoms with Crippen LogP contribution >= 0.6 is 0 Å².